The first kappa shape index (κ1) is 23.2. The van der Waals surface area contributed by atoms with Crippen molar-refractivity contribution < 1.29 is 0 Å². The molecule has 0 unspecified atom stereocenters. The van der Waals surface area contributed by atoms with E-state index in [1.807, 2.05) is 18.4 Å². The van der Waals surface area contributed by atoms with Crippen molar-refractivity contribution in [3.05, 3.63) is 57.8 Å². The number of halogens is 1. The van der Waals surface area contributed by atoms with Gasteiger partial charge in [0.2, 0.25) is 0 Å². The van der Waals surface area contributed by atoms with E-state index >= 15 is 0 Å². The monoisotopic (exact) mass is 512 g/mol. The first-order chi connectivity index (χ1) is 13.2. The average molecular weight is 513 g/mol. The lowest BCUT2D eigenvalue weighted by molar-refractivity contribution is 0.178. The molecule has 2 N–H and O–H groups in total. The van der Waals surface area contributed by atoms with Crippen LogP contribution in [0.25, 0.3) is 0 Å². The minimum Gasteiger partial charge on any atom is -0.356 e. The Labute approximate surface area is 190 Å². The van der Waals surface area contributed by atoms with E-state index in [9.17, 15) is 0 Å². The Kier molecular flexibility index (Phi) is 10.3. The lowest BCUT2D eigenvalue weighted by atomic mass is 9.96. The molecule has 1 aliphatic rings. The third-order valence-corrected chi connectivity index (χ3v) is 6.20. The standard InChI is InChI=1S/C22H32N4S.HI/c1-18-5-7-20(8-6-18)17-26-13-10-19(11-14-26)16-25-22(23-2)24-12-9-21-4-3-15-27-21;/h3-8,15,19H,9-14,16-17H2,1-2H3,(H2,23,24,25);1H. The molecule has 0 amide bonds. The summed E-state index contributed by atoms with van der Waals surface area (Å²) in [6, 6.07) is 13.2. The van der Waals surface area contributed by atoms with Gasteiger partial charge >= 0.3 is 0 Å². The molecule has 1 aliphatic heterocycles. The maximum absolute atomic E-state index is 4.36. The van der Waals surface area contributed by atoms with Crippen LogP contribution in [0.1, 0.15) is 28.8 Å². The smallest absolute Gasteiger partial charge is 0.190 e. The topological polar surface area (TPSA) is 39.7 Å². The van der Waals surface area contributed by atoms with Crippen LogP contribution < -0.4 is 10.6 Å². The molecule has 0 spiro atoms. The second-order valence-electron chi connectivity index (χ2n) is 7.41. The summed E-state index contributed by atoms with van der Waals surface area (Å²) in [6.07, 6.45) is 3.56. The highest BCUT2D eigenvalue weighted by Gasteiger charge is 2.19. The van der Waals surface area contributed by atoms with Gasteiger partial charge < -0.3 is 10.6 Å². The van der Waals surface area contributed by atoms with Gasteiger partial charge in [0.1, 0.15) is 0 Å². The number of thiophene rings is 1. The number of guanidine groups is 1. The molecule has 2 aromatic rings. The van der Waals surface area contributed by atoms with Gasteiger partial charge in [0.25, 0.3) is 0 Å². The van der Waals surface area contributed by atoms with Crippen LogP contribution in [0.15, 0.2) is 46.8 Å². The summed E-state index contributed by atoms with van der Waals surface area (Å²) < 4.78 is 0. The van der Waals surface area contributed by atoms with Gasteiger partial charge in [-0.1, -0.05) is 35.9 Å². The Bertz CT molecular complexity index is 692. The van der Waals surface area contributed by atoms with Crippen LogP contribution in [-0.2, 0) is 13.0 Å². The van der Waals surface area contributed by atoms with Crippen LogP contribution in [0.5, 0.6) is 0 Å². The van der Waals surface area contributed by atoms with Crippen LogP contribution in [0, 0.1) is 12.8 Å². The minimum absolute atomic E-state index is 0. The summed E-state index contributed by atoms with van der Waals surface area (Å²) in [6.45, 7) is 7.53. The fraction of sp³-hybridized carbons (Fsp3) is 0.500. The number of aliphatic imine (C=N–C) groups is 1. The second-order valence-corrected chi connectivity index (χ2v) is 8.45. The summed E-state index contributed by atoms with van der Waals surface area (Å²) in [7, 11) is 1.85. The van der Waals surface area contributed by atoms with Crippen molar-refractivity contribution in [2.24, 2.45) is 10.9 Å². The first-order valence-electron chi connectivity index (χ1n) is 9.97. The van der Waals surface area contributed by atoms with E-state index in [1.54, 1.807) is 0 Å². The molecule has 0 radical (unpaired) electrons. The zero-order valence-electron chi connectivity index (χ0n) is 17.0. The highest BCUT2D eigenvalue weighted by Crippen LogP contribution is 2.18. The van der Waals surface area contributed by atoms with Crippen molar-refractivity contribution in [2.75, 3.05) is 33.2 Å². The van der Waals surface area contributed by atoms with Gasteiger partial charge in [-0.05, 0) is 62.2 Å². The predicted octanol–water partition coefficient (Wildman–Crippen LogP) is 4.29. The molecule has 0 aliphatic carbocycles. The van der Waals surface area contributed by atoms with Crippen molar-refractivity contribution >= 4 is 41.3 Å². The molecule has 0 saturated carbocycles. The molecule has 0 atom stereocenters. The SMILES string of the molecule is CN=C(NCCc1cccs1)NCC1CCN(Cc2ccc(C)cc2)CC1.I. The molecule has 0 bridgehead atoms. The van der Waals surface area contributed by atoms with Gasteiger partial charge in [-0.15, -0.1) is 35.3 Å². The lowest BCUT2D eigenvalue weighted by Crippen LogP contribution is -2.43. The van der Waals surface area contributed by atoms with Crippen molar-refractivity contribution in [1.82, 2.24) is 15.5 Å². The summed E-state index contributed by atoms with van der Waals surface area (Å²) in [5, 5.41) is 9.07. The molecule has 4 nitrogen and oxygen atoms in total. The van der Waals surface area contributed by atoms with E-state index in [4.69, 9.17) is 0 Å². The maximum atomic E-state index is 4.36. The van der Waals surface area contributed by atoms with Crippen molar-refractivity contribution in [1.29, 1.82) is 0 Å². The van der Waals surface area contributed by atoms with Crippen molar-refractivity contribution in [3.63, 3.8) is 0 Å². The summed E-state index contributed by atoms with van der Waals surface area (Å²) >= 11 is 1.81. The van der Waals surface area contributed by atoms with Crippen LogP contribution >= 0.6 is 35.3 Å². The number of likely N-dealkylation sites (tertiary alicyclic amines) is 1. The highest BCUT2D eigenvalue weighted by molar-refractivity contribution is 14.0. The summed E-state index contributed by atoms with van der Waals surface area (Å²) in [5.41, 5.74) is 2.76. The van der Waals surface area contributed by atoms with E-state index in [1.165, 1.54) is 41.9 Å². The Morgan fingerprint density at radius 3 is 2.54 bits per heavy atom. The van der Waals surface area contributed by atoms with E-state index < -0.39 is 0 Å². The third kappa shape index (κ3) is 7.72. The highest BCUT2D eigenvalue weighted by atomic mass is 127. The molecule has 1 aromatic carbocycles. The van der Waals surface area contributed by atoms with Crippen LogP contribution in [0.3, 0.4) is 0 Å². The number of nitrogens with zero attached hydrogens (tertiary/aromatic N) is 2. The molecule has 154 valence electrons. The van der Waals surface area contributed by atoms with Gasteiger partial charge in [-0.25, -0.2) is 0 Å². The zero-order chi connectivity index (χ0) is 18.9. The van der Waals surface area contributed by atoms with Gasteiger partial charge in [0, 0.05) is 31.6 Å². The number of rotatable bonds is 7. The molecule has 1 fully saturated rings. The molecule has 1 saturated heterocycles. The van der Waals surface area contributed by atoms with Crippen LogP contribution in [0.4, 0.5) is 0 Å². The minimum atomic E-state index is 0. The second kappa shape index (κ2) is 12.4. The average Bonchev–Trinajstić information content (AvgIpc) is 3.21. The number of benzene rings is 1. The Hall–Kier alpha value is -1.12. The third-order valence-electron chi connectivity index (χ3n) is 5.26. The summed E-state index contributed by atoms with van der Waals surface area (Å²) in [5.74, 6) is 1.66. The number of hydrogen-bond acceptors (Lipinski definition) is 3. The lowest BCUT2D eigenvalue weighted by Gasteiger charge is -2.32. The molecule has 6 heteroatoms. The van der Waals surface area contributed by atoms with E-state index in [2.05, 4.69) is 69.2 Å². The molecular weight excluding hydrogens is 479 g/mol. The fourth-order valence-electron chi connectivity index (χ4n) is 3.52. The Morgan fingerprint density at radius 1 is 1.14 bits per heavy atom. The predicted molar refractivity (Wildman–Crippen MR) is 132 cm³/mol. The quantitative estimate of drug-likeness (QED) is 0.330. The number of nitrogens with one attached hydrogen (secondary N) is 2. The largest absolute Gasteiger partial charge is 0.356 e. The van der Waals surface area contributed by atoms with Crippen LogP contribution in [-0.4, -0.2) is 44.1 Å². The van der Waals surface area contributed by atoms with Gasteiger partial charge in [0.05, 0.1) is 0 Å². The molecule has 3 rings (SSSR count). The van der Waals surface area contributed by atoms with Gasteiger partial charge in [-0.2, -0.15) is 0 Å². The Balaban J connectivity index is 0.00000280. The van der Waals surface area contributed by atoms with E-state index in [0.717, 1.165) is 37.9 Å². The fourth-order valence-corrected chi connectivity index (χ4v) is 4.23. The van der Waals surface area contributed by atoms with Crippen molar-refractivity contribution in [2.45, 2.75) is 32.7 Å². The Morgan fingerprint density at radius 2 is 1.89 bits per heavy atom. The number of hydrogen-bond donors (Lipinski definition) is 2. The number of piperidine rings is 1. The van der Waals surface area contributed by atoms with Crippen molar-refractivity contribution in [3.8, 4) is 0 Å². The first-order valence-corrected chi connectivity index (χ1v) is 10.9. The van der Waals surface area contributed by atoms with Gasteiger partial charge in [-0.3, -0.25) is 9.89 Å². The van der Waals surface area contributed by atoms with Crippen LogP contribution in [0.2, 0.25) is 0 Å². The maximum Gasteiger partial charge on any atom is 0.190 e. The van der Waals surface area contributed by atoms with E-state index in [-0.39, 0.29) is 24.0 Å². The number of aryl methyl sites for hydroxylation is 1. The molecule has 1 aromatic heterocycles. The molecule has 28 heavy (non-hydrogen) atoms. The zero-order valence-corrected chi connectivity index (χ0v) is 20.1. The molecule has 2 heterocycles. The molecular formula is C22H33IN4S. The van der Waals surface area contributed by atoms with E-state index in [0.29, 0.717) is 0 Å². The normalized spacial score (nSPS) is 15.9. The summed E-state index contributed by atoms with van der Waals surface area (Å²) in [4.78, 5) is 8.35. The van der Waals surface area contributed by atoms with Gasteiger partial charge in [0.15, 0.2) is 5.96 Å².